The molecule has 3 rings (SSSR count). The first-order chi connectivity index (χ1) is 9.15. The van der Waals surface area contributed by atoms with Gasteiger partial charge in [-0.05, 0) is 42.3 Å². The highest BCUT2D eigenvalue weighted by Gasteiger charge is 2.15. The molecule has 0 saturated heterocycles. The maximum absolute atomic E-state index is 13.2. The zero-order chi connectivity index (χ0) is 13.4. The van der Waals surface area contributed by atoms with Crippen LogP contribution in [0.3, 0.4) is 0 Å². The van der Waals surface area contributed by atoms with Gasteiger partial charge in [0.05, 0.1) is 6.04 Å². The molecule has 0 amide bonds. The fraction of sp³-hybridized carbons (Fsp3) is 0.125. The van der Waals surface area contributed by atoms with Crippen molar-refractivity contribution in [1.82, 2.24) is 0 Å². The van der Waals surface area contributed by atoms with Crippen LogP contribution < -0.4 is 5.73 Å². The quantitative estimate of drug-likeness (QED) is 0.753. The van der Waals surface area contributed by atoms with Gasteiger partial charge in [-0.2, -0.15) is 0 Å². The lowest BCUT2D eigenvalue weighted by Crippen LogP contribution is -2.12. The van der Waals surface area contributed by atoms with Crippen molar-refractivity contribution < 1.29 is 8.81 Å². The number of furan rings is 1. The van der Waals surface area contributed by atoms with Crippen molar-refractivity contribution in [2.75, 3.05) is 0 Å². The van der Waals surface area contributed by atoms with E-state index in [0.717, 1.165) is 16.5 Å². The largest absolute Gasteiger partial charge is 0.459 e. The maximum atomic E-state index is 13.2. The Hall–Kier alpha value is -2.13. The standard InChI is InChI=1S/C16H14FNO/c1-10-4-2-3-5-13(10)16(18)15-9-11-8-12(17)6-7-14(11)19-15/h2-9,16H,18H2,1H3. The number of fused-ring (bicyclic) bond motifs is 1. The van der Waals surface area contributed by atoms with Crippen molar-refractivity contribution in [3.63, 3.8) is 0 Å². The highest BCUT2D eigenvalue weighted by molar-refractivity contribution is 5.78. The Morgan fingerprint density at radius 2 is 1.89 bits per heavy atom. The first-order valence-electron chi connectivity index (χ1n) is 6.15. The molecule has 2 aromatic carbocycles. The van der Waals surface area contributed by atoms with Crippen molar-refractivity contribution in [2.24, 2.45) is 5.73 Å². The van der Waals surface area contributed by atoms with Gasteiger partial charge < -0.3 is 10.2 Å². The van der Waals surface area contributed by atoms with Crippen molar-refractivity contribution in [2.45, 2.75) is 13.0 Å². The first kappa shape index (κ1) is 11.9. The average molecular weight is 255 g/mol. The molecule has 1 aromatic heterocycles. The fourth-order valence-electron chi connectivity index (χ4n) is 2.28. The van der Waals surface area contributed by atoms with Crippen LogP contribution in [0.15, 0.2) is 52.9 Å². The minimum Gasteiger partial charge on any atom is -0.459 e. The Kier molecular flexibility index (Phi) is 2.84. The first-order valence-corrected chi connectivity index (χ1v) is 6.15. The molecular weight excluding hydrogens is 241 g/mol. The predicted octanol–water partition coefficient (Wildman–Crippen LogP) is 3.93. The second kappa shape index (κ2) is 4.52. The Labute approximate surface area is 110 Å². The molecule has 1 heterocycles. The second-order valence-electron chi connectivity index (χ2n) is 4.67. The SMILES string of the molecule is Cc1ccccc1C(N)c1cc2cc(F)ccc2o1. The number of hydrogen-bond donors (Lipinski definition) is 1. The third kappa shape index (κ3) is 2.13. The number of benzene rings is 2. The van der Waals surface area contributed by atoms with E-state index in [2.05, 4.69) is 0 Å². The smallest absolute Gasteiger partial charge is 0.134 e. The van der Waals surface area contributed by atoms with Crippen LogP contribution in [-0.4, -0.2) is 0 Å². The summed E-state index contributed by atoms with van der Waals surface area (Å²) >= 11 is 0. The molecule has 1 unspecified atom stereocenters. The summed E-state index contributed by atoms with van der Waals surface area (Å²) in [6, 6.07) is 13.8. The Bertz CT molecular complexity index is 732. The summed E-state index contributed by atoms with van der Waals surface area (Å²) in [4.78, 5) is 0. The van der Waals surface area contributed by atoms with E-state index in [1.54, 1.807) is 12.1 Å². The van der Waals surface area contributed by atoms with E-state index in [-0.39, 0.29) is 11.9 Å². The summed E-state index contributed by atoms with van der Waals surface area (Å²) in [5, 5.41) is 0.735. The second-order valence-corrected chi connectivity index (χ2v) is 4.67. The topological polar surface area (TPSA) is 39.2 Å². The highest BCUT2D eigenvalue weighted by Crippen LogP contribution is 2.28. The van der Waals surface area contributed by atoms with Crippen LogP contribution in [-0.2, 0) is 0 Å². The number of nitrogens with two attached hydrogens (primary N) is 1. The Morgan fingerprint density at radius 1 is 1.11 bits per heavy atom. The van der Waals surface area contributed by atoms with Crippen molar-refractivity contribution in [1.29, 1.82) is 0 Å². The molecule has 96 valence electrons. The molecule has 0 aliphatic heterocycles. The van der Waals surface area contributed by atoms with Crippen molar-refractivity contribution in [3.8, 4) is 0 Å². The molecule has 19 heavy (non-hydrogen) atoms. The van der Waals surface area contributed by atoms with E-state index in [0.29, 0.717) is 11.3 Å². The van der Waals surface area contributed by atoms with Gasteiger partial charge >= 0.3 is 0 Å². The molecule has 0 aliphatic rings. The van der Waals surface area contributed by atoms with Crippen molar-refractivity contribution >= 4 is 11.0 Å². The van der Waals surface area contributed by atoms with Gasteiger partial charge in [0.25, 0.3) is 0 Å². The maximum Gasteiger partial charge on any atom is 0.134 e. The summed E-state index contributed by atoms with van der Waals surface area (Å²) in [6.45, 7) is 2.01. The van der Waals surface area contributed by atoms with Gasteiger partial charge in [-0.1, -0.05) is 24.3 Å². The van der Waals surface area contributed by atoms with Crippen LogP contribution >= 0.6 is 0 Å². The van der Waals surface area contributed by atoms with Gasteiger partial charge in [0.2, 0.25) is 0 Å². The fourth-order valence-corrected chi connectivity index (χ4v) is 2.28. The van der Waals surface area contributed by atoms with Gasteiger partial charge in [-0.3, -0.25) is 0 Å². The van der Waals surface area contributed by atoms with Crippen LogP contribution in [0.4, 0.5) is 4.39 Å². The Balaban J connectivity index is 2.07. The predicted molar refractivity (Wildman–Crippen MR) is 73.4 cm³/mol. The average Bonchev–Trinajstić information content (AvgIpc) is 2.81. The lowest BCUT2D eigenvalue weighted by Gasteiger charge is -2.11. The molecule has 2 N–H and O–H groups in total. The molecule has 1 atom stereocenters. The molecule has 0 aliphatic carbocycles. The highest BCUT2D eigenvalue weighted by atomic mass is 19.1. The molecular formula is C16H14FNO. The van der Waals surface area contributed by atoms with Crippen LogP contribution in [0.2, 0.25) is 0 Å². The molecule has 3 heteroatoms. The molecule has 0 bridgehead atoms. The summed E-state index contributed by atoms with van der Waals surface area (Å²) in [5.74, 6) is 0.374. The van der Waals surface area contributed by atoms with Gasteiger partial charge in [0.15, 0.2) is 0 Å². The van der Waals surface area contributed by atoms with Gasteiger partial charge in [-0.15, -0.1) is 0 Å². The summed E-state index contributed by atoms with van der Waals surface area (Å²) < 4.78 is 18.9. The number of rotatable bonds is 2. The lowest BCUT2D eigenvalue weighted by atomic mass is 10.0. The van der Waals surface area contributed by atoms with E-state index in [4.69, 9.17) is 10.2 Å². The summed E-state index contributed by atoms with van der Waals surface area (Å²) in [5.41, 5.74) is 9.01. The van der Waals surface area contributed by atoms with E-state index >= 15 is 0 Å². The van der Waals surface area contributed by atoms with E-state index in [9.17, 15) is 4.39 Å². The van der Waals surface area contributed by atoms with Crippen LogP contribution in [0, 0.1) is 12.7 Å². The Morgan fingerprint density at radius 3 is 2.68 bits per heavy atom. The third-order valence-corrected chi connectivity index (χ3v) is 3.33. The number of hydrogen-bond acceptors (Lipinski definition) is 2. The minimum absolute atomic E-state index is 0.274. The zero-order valence-corrected chi connectivity index (χ0v) is 10.6. The monoisotopic (exact) mass is 255 g/mol. The normalized spacial score (nSPS) is 12.8. The van der Waals surface area contributed by atoms with E-state index in [1.807, 2.05) is 31.2 Å². The van der Waals surface area contributed by atoms with Gasteiger partial charge in [0.1, 0.15) is 17.2 Å². The van der Waals surface area contributed by atoms with Crippen LogP contribution in [0.25, 0.3) is 11.0 Å². The number of halogens is 1. The molecule has 0 spiro atoms. The molecule has 2 nitrogen and oxygen atoms in total. The van der Waals surface area contributed by atoms with Crippen LogP contribution in [0.5, 0.6) is 0 Å². The summed E-state index contributed by atoms with van der Waals surface area (Å²) in [6.07, 6.45) is 0. The van der Waals surface area contributed by atoms with Gasteiger partial charge in [-0.25, -0.2) is 4.39 Å². The zero-order valence-electron chi connectivity index (χ0n) is 10.6. The molecule has 0 radical (unpaired) electrons. The van der Waals surface area contributed by atoms with E-state index in [1.165, 1.54) is 12.1 Å². The molecule has 3 aromatic rings. The molecule has 0 fully saturated rings. The van der Waals surface area contributed by atoms with Crippen molar-refractivity contribution in [3.05, 3.63) is 71.2 Å². The van der Waals surface area contributed by atoms with Crippen LogP contribution in [0.1, 0.15) is 22.9 Å². The van der Waals surface area contributed by atoms with E-state index < -0.39 is 0 Å². The third-order valence-electron chi connectivity index (χ3n) is 3.33. The van der Waals surface area contributed by atoms with Gasteiger partial charge in [0, 0.05) is 5.39 Å². The minimum atomic E-state index is -0.336. The summed E-state index contributed by atoms with van der Waals surface area (Å²) in [7, 11) is 0. The molecule has 0 saturated carbocycles. The number of aryl methyl sites for hydroxylation is 1. The lowest BCUT2D eigenvalue weighted by molar-refractivity contribution is 0.524.